The van der Waals surface area contributed by atoms with E-state index in [2.05, 4.69) is 20.8 Å². The van der Waals surface area contributed by atoms with Crippen molar-refractivity contribution < 1.29 is 9.59 Å². The molecule has 0 atom stereocenters. The summed E-state index contributed by atoms with van der Waals surface area (Å²) < 4.78 is 1.85. The lowest BCUT2D eigenvalue weighted by Gasteiger charge is -2.11. The Balaban J connectivity index is 1.59. The lowest BCUT2D eigenvalue weighted by molar-refractivity contribution is -0.116. The molecule has 7 nitrogen and oxygen atoms in total. The summed E-state index contributed by atoms with van der Waals surface area (Å²) in [7, 11) is 0. The number of nitrogens with zero attached hydrogens (tertiary/aromatic N) is 3. The largest absolute Gasteiger partial charge is 0.326 e. The van der Waals surface area contributed by atoms with Crippen LogP contribution in [0.3, 0.4) is 0 Å². The van der Waals surface area contributed by atoms with Crippen LogP contribution in [0, 0.1) is 13.8 Å². The monoisotopic (exact) mass is 457 g/mol. The summed E-state index contributed by atoms with van der Waals surface area (Å²) in [6.45, 7) is 6.47. The lowest BCUT2D eigenvalue weighted by Crippen LogP contribution is -2.18. The van der Waals surface area contributed by atoms with Crippen molar-refractivity contribution in [2.75, 3.05) is 16.4 Å². The van der Waals surface area contributed by atoms with Crippen LogP contribution >= 0.6 is 23.4 Å². The molecule has 0 spiro atoms. The van der Waals surface area contributed by atoms with E-state index < -0.39 is 0 Å². The first kappa shape index (κ1) is 22.8. The molecule has 0 bridgehead atoms. The van der Waals surface area contributed by atoms with Gasteiger partial charge in [-0.3, -0.25) is 9.59 Å². The first-order valence-electron chi connectivity index (χ1n) is 9.83. The quantitative estimate of drug-likeness (QED) is 0.487. The minimum absolute atomic E-state index is 0.0820. The molecule has 3 rings (SSSR count). The molecule has 2 amide bonds. The molecule has 0 aliphatic rings. The van der Waals surface area contributed by atoms with Crippen LogP contribution in [-0.4, -0.2) is 32.3 Å². The molecule has 1 aromatic heterocycles. The Morgan fingerprint density at radius 3 is 2.32 bits per heavy atom. The number of rotatable bonds is 8. The van der Waals surface area contributed by atoms with Crippen LogP contribution in [-0.2, 0) is 22.6 Å². The number of carbonyl (C=O) groups is 2. The zero-order chi connectivity index (χ0) is 22.4. The van der Waals surface area contributed by atoms with Gasteiger partial charge < -0.3 is 15.2 Å². The molecule has 3 aromatic rings. The van der Waals surface area contributed by atoms with Gasteiger partial charge in [-0.1, -0.05) is 41.6 Å². The number of benzene rings is 2. The molecule has 0 saturated carbocycles. The maximum absolute atomic E-state index is 12.4. The number of hydrogen-bond donors (Lipinski definition) is 2. The van der Waals surface area contributed by atoms with Crippen molar-refractivity contribution in [2.45, 2.75) is 38.9 Å². The number of aromatic nitrogens is 3. The molecular formula is C22H24ClN5O2S. The Kier molecular flexibility index (Phi) is 7.70. The summed E-state index contributed by atoms with van der Waals surface area (Å²) in [5.41, 5.74) is 3.53. The summed E-state index contributed by atoms with van der Waals surface area (Å²) in [4.78, 5) is 24.8. The lowest BCUT2D eigenvalue weighted by atomic mass is 10.1. The van der Waals surface area contributed by atoms with E-state index in [1.165, 1.54) is 11.8 Å². The molecule has 0 unspecified atom stereocenters. The standard InChI is InChI=1S/C22H24ClN5O2S/c1-4-28-18(12-19(29)24-17-10-8-16(23)9-11-17)26-27-22(28)31-13-20(30)25-21-14(2)6-5-7-15(21)3/h5-11H,4,12-13H2,1-3H3,(H,24,29)(H,25,30). The second-order valence-electron chi connectivity index (χ2n) is 6.98. The maximum atomic E-state index is 12.4. The number of carbonyl (C=O) groups excluding carboxylic acids is 2. The van der Waals surface area contributed by atoms with E-state index in [1.54, 1.807) is 24.3 Å². The second-order valence-corrected chi connectivity index (χ2v) is 8.36. The molecule has 2 N–H and O–H groups in total. The van der Waals surface area contributed by atoms with Crippen molar-refractivity contribution in [3.05, 3.63) is 64.4 Å². The zero-order valence-corrected chi connectivity index (χ0v) is 19.2. The SMILES string of the molecule is CCn1c(CC(=O)Nc2ccc(Cl)cc2)nnc1SCC(=O)Nc1c(C)cccc1C. The van der Waals surface area contributed by atoms with E-state index in [4.69, 9.17) is 11.6 Å². The molecule has 2 aromatic carbocycles. The van der Waals surface area contributed by atoms with Gasteiger partial charge in [-0.15, -0.1) is 10.2 Å². The number of amides is 2. The minimum Gasteiger partial charge on any atom is -0.326 e. The van der Waals surface area contributed by atoms with Gasteiger partial charge in [0.1, 0.15) is 5.82 Å². The van der Waals surface area contributed by atoms with Crippen LogP contribution in [0.25, 0.3) is 0 Å². The van der Waals surface area contributed by atoms with Crippen LogP contribution in [0.1, 0.15) is 23.9 Å². The Labute approximate surface area is 190 Å². The van der Waals surface area contributed by atoms with E-state index in [0.29, 0.717) is 28.2 Å². The van der Waals surface area contributed by atoms with Gasteiger partial charge in [-0.2, -0.15) is 0 Å². The molecule has 0 aliphatic carbocycles. The Morgan fingerprint density at radius 2 is 1.68 bits per heavy atom. The summed E-state index contributed by atoms with van der Waals surface area (Å²) in [5, 5.41) is 15.3. The highest BCUT2D eigenvalue weighted by molar-refractivity contribution is 7.99. The highest BCUT2D eigenvalue weighted by Crippen LogP contribution is 2.22. The molecule has 0 saturated heterocycles. The third-order valence-electron chi connectivity index (χ3n) is 4.63. The summed E-state index contributed by atoms with van der Waals surface area (Å²) >= 11 is 7.16. The molecule has 0 fully saturated rings. The third-order valence-corrected chi connectivity index (χ3v) is 5.85. The average Bonchev–Trinajstić information content (AvgIpc) is 3.12. The van der Waals surface area contributed by atoms with E-state index in [0.717, 1.165) is 16.8 Å². The number of hydrogen-bond acceptors (Lipinski definition) is 5. The van der Waals surface area contributed by atoms with Gasteiger partial charge >= 0.3 is 0 Å². The smallest absolute Gasteiger partial charge is 0.234 e. The highest BCUT2D eigenvalue weighted by atomic mass is 35.5. The van der Waals surface area contributed by atoms with Crippen molar-refractivity contribution in [2.24, 2.45) is 0 Å². The van der Waals surface area contributed by atoms with Crippen LogP contribution < -0.4 is 10.6 Å². The van der Waals surface area contributed by atoms with Crippen molar-refractivity contribution >= 4 is 46.6 Å². The number of aryl methyl sites for hydroxylation is 2. The summed E-state index contributed by atoms with van der Waals surface area (Å²) in [6, 6.07) is 12.8. The number of anilines is 2. The van der Waals surface area contributed by atoms with Gasteiger partial charge in [0, 0.05) is 22.9 Å². The summed E-state index contributed by atoms with van der Waals surface area (Å²) in [5.74, 6) is 0.429. The second kappa shape index (κ2) is 10.5. The third kappa shape index (κ3) is 6.08. The van der Waals surface area contributed by atoms with Crippen molar-refractivity contribution in [3.8, 4) is 0 Å². The van der Waals surface area contributed by atoms with E-state index >= 15 is 0 Å². The van der Waals surface area contributed by atoms with Gasteiger partial charge in [0.25, 0.3) is 0 Å². The van der Waals surface area contributed by atoms with Crippen LogP contribution in [0.5, 0.6) is 0 Å². The van der Waals surface area contributed by atoms with Gasteiger partial charge in [0.2, 0.25) is 11.8 Å². The molecular weight excluding hydrogens is 434 g/mol. The van der Waals surface area contributed by atoms with Gasteiger partial charge in [0.15, 0.2) is 5.16 Å². The van der Waals surface area contributed by atoms with E-state index in [-0.39, 0.29) is 24.0 Å². The molecule has 162 valence electrons. The van der Waals surface area contributed by atoms with Crippen LogP contribution in [0.2, 0.25) is 5.02 Å². The molecule has 0 aliphatic heterocycles. The first-order chi connectivity index (χ1) is 14.9. The van der Waals surface area contributed by atoms with Crippen molar-refractivity contribution in [1.82, 2.24) is 14.8 Å². The molecule has 9 heteroatoms. The minimum atomic E-state index is -0.200. The normalized spacial score (nSPS) is 10.7. The number of para-hydroxylation sites is 1. The topological polar surface area (TPSA) is 88.9 Å². The van der Waals surface area contributed by atoms with Crippen LogP contribution in [0.4, 0.5) is 11.4 Å². The predicted molar refractivity (Wildman–Crippen MR) is 125 cm³/mol. The predicted octanol–water partition coefficient (Wildman–Crippen LogP) is 4.48. The first-order valence-corrected chi connectivity index (χ1v) is 11.2. The summed E-state index contributed by atoms with van der Waals surface area (Å²) in [6.07, 6.45) is 0.0820. The molecule has 0 radical (unpaired) electrons. The number of nitrogens with one attached hydrogen (secondary N) is 2. The van der Waals surface area contributed by atoms with Crippen molar-refractivity contribution in [3.63, 3.8) is 0 Å². The van der Waals surface area contributed by atoms with E-state index in [1.807, 2.05) is 43.5 Å². The Bertz CT molecular complexity index is 1060. The molecule has 1 heterocycles. The van der Waals surface area contributed by atoms with Crippen LogP contribution in [0.15, 0.2) is 47.6 Å². The number of halogens is 1. The average molecular weight is 458 g/mol. The highest BCUT2D eigenvalue weighted by Gasteiger charge is 2.16. The fraction of sp³-hybridized carbons (Fsp3) is 0.273. The fourth-order valence-electron chi connectivity index (χ4n) is 3.07. The zero-order valence-electron chi connectivity index (χ0n) is 17.6. The van der Waals surface area contributed by atoms with E-state index in [9.17, 15) is 9.59 Å². The molecule has 31 heavy (non-hydrogen) atoms. The fourth-order valence-corrected chi connectivity index (χ4v) is 4.02. The Hall–Kier alpha value is -2.84. The van der Waals surface area contributed by atoms with Gasteiger partial charge in [-0.05, 0) is 56.2 Å². The maximum Gasteiger partial charge on any atom is 0.234 e. The Morgan fingerprint density at radius 1 is 1.00 bits per heavy atom. The van der Waals surface area contributed by atoms with Gasteiger partial charge in [0.05, 0.1) is 12.2 Å². The van der Waals surface area contributed by atoms with Gasteiger partial charge in [-0.25, -0.2) is 0 Å². The number of thioether (sulfide) groups is 1. The van der Waals surface area contributed by atoms with Crippen molar-refractivity contribution in [1.29, 1.82) is 0 Å².